The van der Waals surface area contributed by atoms with E-state index in [1.807, 2.05) is 42.8 Å². The predicted molar refractivity (Wildman–Crippen MR) is 75.2 cm³/mol. The van der Waals surface area contributed by atoms with Crippen LogP contribution in [-0.2, 0) is 0 Å². The SMILES string of the molecule is CSC(CO)C(C)Nc1nc2cccc(C)n2n1. The fourth-order valence-electron chi connectivity index (χ4n) is 1.83. The first-order chi connectivity index (χ1) is 8.65. The van der Waals surface area contributed by atoms with Crippen molar-refractivity contribution in [2.45, 2.75) is 25.1 Å². The van der Waals surface area contributed by atoms with Crippen molar-refractivity contribution in [3.05, 3.63) is 23.9 Å². The summed E-state index contributed by atoms with van der Waals surface area (Å²) in [5, 5.41) is 17.0. The normalized spacial score (nSPS) is 14.7. The number of pyridine rings is 1. The fourth-order valence-corrected chi connectivity index (χ4v) is 2.46. The summed E-state index contributed by atoms with van der Waals surface area (Å²) in [6.45, 7) is 4.16. The molecule has 0 radical (unpaired) electrons. The molecule has 0 aliphatic rings. The third kappa shape index (κ3) is 2.59. The highest BCUT2D eigenvalue weighted by Crippen LogP contribution is 2.15. The second-order valence-corrected chi connectivity index (χ2v) is 5.34. The Labute approximate surface area is 111 Å². The maximum absolute atomic E-state index is 9.25. The molecule has 0 saturated heterocycles. The second-order valence-electron chi connectivity index (χ2n) is 4.26. The van der Waals surface area contributed by atoms with Crippen LogP contribution in [0.15, 0.2) is 18.2 Å². The summed E-state index contributed by atoms with van der Waals surface area (Å²) in [5.74, 6) is 0.601. The van der Waals surface area contributed by atoms with Crippen LogP contribution in [0.1, 0.15) is 12.6 Å². The molecule has 6 heteroatoms. The van der Waals surface area contributed by atoms with Crippen LogP contribution in [0.5, 0.6) is 0 Å². The van der Waals surface area contributed by atoms with Crippen LogP contribution in [-0.4, -0.2) is 43.9 Å². The molecule has 0 spiro atoms. The predicted octanol–water partition coefficient (Wildman–Crippen LogP) is 1.56. The largest absolute Gasteiger partial charge is 0.395 e. The Morgan fingerprint density at radius 1 is 1.50 bits per heavy atom. The van der Waals surface area contributed by atoms with Crippen molar-refractivity contribution in [2.24, 2.45) is 0 Å². The van der Waals surface area contributed by atoms with Crippen molar-refractivity contribution in [3.63, 3.8) is 0 Å². The number of aromatic nitrogens is 3. The van der Waals surface area contributed by atoms with E-state index in [2.05, 4.69) is 15.4 Å². The Balaban J connectivity index is 2.19. The average Bonchev–Trinajstić information content (AvgIpc) is 2.74. The molecule has 0 fully saturated rings. The van der Waals surface area contributed by atoms with Crippen LogP contribution >= 0.6 is 11.8 Å². The lowest BCUT2D eigenvalue weighted by Gasteiger charge is -2.20. The van der Waals surface area contributed by atoms with Crippen molar-refractivity contribution >= 4 is 23.4 Å². The third-order valence-electron chi connectivity index (χ3n) is 2.95. The zero-order chi connectivity index (χ0) is 13.1. The molecule has 0 aromatic carbocycles. The van der Waals surface area contributed by atoms with Gasteiger partial charge in [0.15, 0.2) is 5.65 Å². The van der Waals surface area contributed by atoms with Gasteiger partial charge in [0.25, 0.3) is 0 Å². The number of anilines is 1. The molecule has 2 aromatic heterocycles. The summed E-state index contributed by atoms with van der Waals surface area (Å²) in [5.41, 5.74) is 1.87. The van der Waals surface area contributed by atoms with E-state index in [0.29, 0.717) is 5.95 Å². The van der Waals surface area contributed by atoms with E-state index in [-0.39, 0.29) is 17.9 Å². The third-order valence-corrected chi connectivity index (χ3v) is 4.11. The quantitative estimate of drug-likeness (QED) is 0.860. The summed E-state index contributed by atoms with van der Waals surface area (Å²) >= 11 is 1.63. The van der Waals surface area contributed by atoms with Gasteiger partial charge in [0.05, 0.1) is 6.61 Å². The number of aryl methyl sites for hydroxylation is 1. The topological polar surface area (TPSA) is 62.5 Å². The number of aliphatic hydroxyl groups is 1. The Kier molecular flexibility index (Phi) is 4.08. The fraction of sp³-hybridized carbons (Fsp3) is 0.500. The molecule has 5 nitrogen and oxygen atoms in total. The van der Waals surface area contributed by atoms with Crippen molar-refractivity contribution in [2.75, 3.05) is 18.2 Å². The molecular formula is C12H18N4OS. The van der Waals surface area contributed by atoms with Gasteiger partial charge in [-0.1, -0.05) is 6.07 Å². The highest BCUT2D eigenvalue weighted by molar-refractivity contribution is 7.99. The summed E-state index contributed by atoms with van der Waals surface area (Å²) in [6, 6.07) is 5.99. The zero-order valence-electron chi connectivity index (χ0n) is 10.8. The number of hydrogen-bond donors (Lipinski definition) is 2. The van der Waals surface area contributed by atoms with E-state index < -0.39 is 0 Å². The molecule has 2 rings (SSSR count). The first kappa shape index (κ1) is 13.2. The summed E-state index contributed by atoms with van der Waals surface area (Å²) in [4.78, 5) is 4.41. The van der Waals surface area contributed by atoms with E-state index in [4.69, 9.17) is 0 Å². The standard InChI is InChI=1S/C12H18N4OS/c1-8-5-4-6-11-14-12(15-16(8)11)13-9(2)10(7-17)18-3/h4-6,9-10,17H,7H2,1-3H3,(H,13,15). The molecule has 2 aromatic rings. The summed E-state index contributed by atoms with van der Waals surface area (Å²) in [7, 11) is 0. The summed E-state index contributed by atoms with van der Waals surface area (Å²) < 4.78 is 1.81. The van der Waals surface area contributed by atoms with Gasteiger partial charge in [-0.05, 0) is 32.2 Å². The van der Waals surface area contributed by atoms with Gasteiger partial charge in [-0.3, -0.25) is 0 Å². The van der Waals surface area contributed by atoms with Crippen molar-refractivity contribution < 1.29 is 5.11 Å². The average molecular weight is 266 g/mol. The molecule has 0 aliphatic carbocycles. The second kappa shape index (κ2) is 5.58. The molecular weight excluding hydrogens is 248 g/mol. The number of nitrogens with zero attached hydrogens (tertiary/aromatic N) is 3. The molecule has 0 bridgehead atoms. The Morgan fingerprint density at radius 3 is 2.89 bits per heavy atom. The van der Waals surface area contributed by atoms with E-state index in [9.17, 15) is 5.11 Å². The van der Waals surface area contributed by atoms with Gasteiger partial charge < -0.3 is 10.4 Å². The first-order valence-electron chi connectivity index (χ1n) is 5.88. The Hall–Kier alpha value is -1.27. The molecule has 18 heavy (non-hydrogen) atoms. The highest BCUT2D eigenvalue weighted by atomic mass is 32.2. The lowest BCUT2D eigenvalue weighted by Crippen LogP contribution is -2.31. The van der Waals surface area contributed by atoms with Gasteiger partial charge in [0.2, 0.25) is 5.95 Å². The minimum atomic E-state index is 0.114. The van der Waals surface area contributed by atoms with E-state index in [1.165, 1.54) is 0 Å². The van der Waals surface area contributed by atoms with Crippen molar-refractivity contribution in [3.8, 4) is 0 Å². The van der Waals surface area contributed by atoms with Gasteiger partial charge in [-0.15, -0.1) is 5.10 Å². The van der Waals surface area contributed by atoms with Gasteiger partial charge in [0.1, 0.15) is 0 Å². The van der Waals surface area contributed by atoms with Gasteiger partial charge >= 0.3 is 0 Å². The maximum atomic E-state index is 9.25. The van der Waals surface area contributed by atoms with Crippen LogP contribution in [0.25, 0.3) is 5.65 Å². The van der Waals surface area contributed by atoms with Gasteiger partial charge in [0, 0.05) is 17.0 Å². The van der Waals surface area contributed by atoms with Crippen molar-refractivity contribution in [1.29, 1.82) is 0 Å². The first-order valence-corrected chi connectivity index (χ1v) is 7.17. The number of nitrogens with one attached hydrogen (secondary N) is 1. The van der Waals surface area contributed by atoms with Crippen LogP contribution < -0.4 is 5.32 Å². The lowest BCUT2D eigenvalue weighted by molar-refractivity contribution is 0.288. The number of rotatable bonds is 5. The zero-order valence-corrected chi connectivity index (χ0v) is 11.6. The molecule has 2 unspecified atom stereocenters. The van der Waals surface area contributed by atoms with Crippen LogP contribution in [0, 0.1) is 6.92 Å². The highest BCUT2D eigenvalue weighted by Gasteiger charge is 2.16. The number of fused-ring (bicyclic) bond motifs is 1. The number of aliphatic hydroxyl groups excluding tert-OH is 1. The van der Waals surface area contributed by atoms with Gasteiger partial charge in [-0.25, -0.2) is 4.52 Å². The smallest absolute Gasteiger partial charge is 0.243 e. The Morgan fingerprint density at radius 2 is 2.28 bits per heavy atom. The van der Waals surface area contributed by atoms with E-state index >= 15 is 0 Å². The lowest BCUT2D eigenvalue weighted by atomic mass is 10.2. The maximum Gasteiger partial charge on any atom is 0.243 e. The molecule has 0 saturated carbocycles. The van der Waals surface area contributed by atoms with Gasteiger partial charge in [-0.2, -0.15) is 16.7 Å². The molecule has 0 amide bonds. The monoisotopic (exact) mass is 266 g/mol. The molecule has 2 atom stereocenters. The van der Waals surface area contributed by atoms with Crippen LogP contribution in [0.2, 0.25) is 0 Å². The molecule has 2 heterocycles. The molecule has 0 aliphatic heterocycles. The van der Waals surface area contributed by atoms with Crippen molar-refractivity contribution in [1.82, 2.24) is 14.6 Å². The number of thioether (sulfide) groups is 1. The van der Waals surface area contributed by atoms with Crippen LogP contribution in [0.4, 0.5) is 5.95 Å². The summed E-state index contributed by atoms with van der Waals surface area (Å²) in [6.07, 6.45) is 1.99. The minimum Gasteiger partial charge on any atom is -0.395 e. The van der Waals surface area contributed by atoms with E-state index in [1.54, 1.807) is 11.8 Å². The molecule has 98 valence electrons. The Bertz CT molecular complexity index is 524. The van der Waals surface area contributed by atoms with Crippen LogP contribution in [0.3, 0.4) is 0 Å². The minimum absolute atomic E-state index is 0.114. The number of hydrogen-bond acceptors (Lipinski definition) is 5. The molecule has 2 N–H and O–H groups in total. The van der Waals surface area contributed by atoms with E-state index in [0.717, 1.165) is 11.3 Å².